The topological polar surface area (TPSA) is 76.0 Å². The molecule has 1 aromatic carbocycles. The molecule has 32 heavy (non-hydrogen) atoms. The summed E-state index contributed by atoms with van der Waals surface area (Å²) < 4.78 is 1.67. The van der Waals surface area contributed by atoms with Gasteiger partial charge in [-0.25, -0.2) is 4.98 Å². The Morgan fingerprint density at radius 3 is 2.78 bits per heavy atom. The molecule has 3 aromatic rings. The Bertz CT molecular complexity index is 1120. The standard InChI is InChI=1S/C23H26N4O2S.2ClH/c1-15-8-10-27(13-17-5-4-9-24-12-17)23(29)21(15)22(28)26-19-7-3-6-18(11-19)20-14-30-16(2)25-20;;/h3,6-8,10-11,14,17,24H,4-5,9,12-13H2,1-2H3,(H,26,28);2*1H. The number of benzene rings is 1. The Morgan fingerprint density at radius 1 is 1.28 bits per heavy atom. The van der Waals surface area contributed by atoms with Crippen LogP contribution in [0, 0.1) is 19.8 Å². The van der Waals surface area contributed by atoms with Gasteiger partial charge in [0.25, 0.3) is 11.5 Å². The molecule has 1 amide bonds. The van der Waals surface area contributed by atoms with Crippen LogP contribution in [-0.2, 0) is 6.54 Å². The number of hydrogen-bond donors (Lipinski definition) is 2. The first-order valence-corrected chi connectivity index (χ1v) is 11.1. The van der Waals surface area contributed by atoms with Crippen LogP contribution in [0.3, 0.4) is 0 Å². The monoisotopic (exact) mass is 494 g/mol. The third-order valence-corrected chi connectivity index (χ3v) is 6.26. The van der Waals surface area contributed by atoms with Gasteiger partial charge in [0, 0.05) is 29.4 Å². The van der Waals surface area contributed by atoms with Gasteiger partial charge in [-0.3, -0.25) is 9.59 Å². The zero-order valence-electron chi connectivity index (χ0n) is 18.1. The number of nitrogens with zero attached hydrogens (tertiary/aromatic N) is 2. The average molecular weight is 495 g/mol. The molecule has 1 aliphatic heterocycles. The molecule has 0 spiro atoms. The van der Waals surface area contributed by atoms with Gasteiger partial charge in [-0.05, 0) is 69.5 Å². The highest BCUT2D eigenvalue weighted by Gasteiger charge is 2.19. The summed E-state index contributed by atoms with van der Waals surface area (Å²) >= 11 is 1.59. The Morgan fingerprint density at radius 2 is 2.09 bits per heavy atom. The van der Waals surface area contributed by atoms with Crippen molar-refractivity contribution in [2.75, 3.05) is 18.4 Å². The number of rotatable bonds is 5. The molecule has 9 heteroatoms. The lowest BCUT2D eigenvalue weighted by Crippen LogP contribution is -2.36. The van der Waals surface area contributed by atoms with E-state index >= 15 is 0 Å². The summed E-state index contributed by atoms with van der Waals surface area (Å²) in [5.41, 5.74) is 3.12. The molecule has 0 aliphatic carbocycles. The van der Waals surface area contributed by atoms with Crippen molar-refractivity contribution in [3.8, 4) is 11.3 Å². The summed E-state index contributed by atoms with van der Waals surface area (Å²) in [6.07, 6.45) is 4.01. The van der Waals surface area contributed by atoms with Gasteiger partial charge in [0.1, 0.15) is 5.56 Å². The van der Waals surface area contributed by atoms with E-state index in [-0.39, 0.29) is 41.8 Å². The molecule has 0 radical (unpaired) electrons. The van der Waals surface area contributed by atoms with Crippen LogP contribution < -0.4 is 16.2 Å². The van der Waals surface area contributed by atoms with Crippen LogP contribution >= 0.6 is 36.2 Å². The summed E-state index contributed by atoms with van der Waals surface area (Å²) in [6, 6.07) is 9.40. The van der Waals surface area contributed by atoms with Crippen molar-refractivity contribution in [2.45, 2.75) is 33.2 Å². The SMILES string of the molecule is Cc1nc(-c2cccc(NC(=O)c3c(C)ccn(CC4CCCNC4)c3=O)c2)cs1.Cl.Cl. The predicted octanol–water partition coefficient (Wildman–Crippen LogP) is 4.68. The van der Waals surface area contributed by atoms with Crippen LogP contribution in [0.2, 0.25) is 0 Å². The predicted molar refractivity (Wildman–Crippen MR) is 136 cm³/mol. The second-order valence-corrected chi connectivity index (χ2v) is 8.89. The second kappa shape index (κ2) is 11.6. The quantitative estimate of drug-likeness (QED) is 0.539. The number of nitrogens with one attached hydrogen (secondary N) is 2. The zero-order chi connectivity index (χ0) is 21.1. The Labute approximate surface area is 204 Å². The minimum atomic E-state index is -0.375. The molecule has 1 aliphatic rings. The average Bonchev–Trinajstić information content (AvgIpc) is 3.18. The molecule has 3 heterocycles. The number of carbonyl (C=O) groups excluding carboxylic acids is 1. The normalized spacial score (nSPS) is 15.4. The highest BCUT2D eigenvalue weighted by atomic mass is 35.5. The number of aromatic nitrogens is 2. The molecule has 1 saturated heterocycles. The Balaban J connectivity index is 0.00000181. The Kier molecular flexibility index (Phi) is 9.46. The summed E-state index contributed by atoms with van der Waals surface area (Å²) in [6.45, 7) is 6.34. The van der Waals surface area contributed by atoms with Crippen molar-refractivity contribution >= 4 is 47.7 Å². The van der Waals surface area contributed by atoms with Crippen molar-refractivity contribution in [3.63, 3.8) is 0 Å². The van der Waals surface area contributed by atoms with Crippen LogP contribution in [0.25, 0.3) is 11.3 Å². The van der Waals surface area contributed by atoms with Crippen molar-refractivity contribution in [2.24, 2.45) is 5.92 Å². The number of hydrogen-bond acceptors (Lipinski definition) is 5. The first kappa shape index (κ1) is 26.1. The lowest BCUT2D eigenvalue weighted by atomic mass is 9.99. The van der Waals surface area contributed by atoms with E-state index in [2.05, 4.69) is 15.6 Å². The van der Waals surface area contributed by atoms with Gasteiger partial charge in [-0.15, -0.1) is 36.2 Å². The van der Waals surface area contributed by atoms with Gasteiger partial charge in [-0.1, -0.05) is 12.1 Å². The second-order valence-electron chi connectivity index (χ2n) is 7.83. The molecular formula is C23H28Cl2N4O2S. The van der Waals surface area contributed by atoms with Gasteiger partial charge in [0.15, 0.2) is 0 Å². The first-order valence-electron chi connectivity index (χ1n) is 10.3. The minimum absolute atomic E-state index is 0. The molecule has 1 fully saturated rings. The highest BCUT2D eigenvalue weighted by Crippen LogP contribution is 2.24. The van der Waals surface area contributed by atoms with Gasteiger partial charge >= 0.3 is 0 Å². The molecule has 1 unspecified atom stereocenters. The number of anilines is 1. The van der Waals surface area contributed by atoms with Crippen LogP contribution in [0.15, 0.2) is 46.7 Å². The van der Waals surface area contributed by atoms with E-state index in [9.17, 15) is 9.59 Å². The fraction of sp³-hybridized carbons (Fsp3) is 0.348. The largest absolute Gasteiger partial charge is 0.322 e. The third-order valence-electron chi connectivity index (χ3n) is 5.49. The molecule has 172 valence electrons. The van der Waals surface area contributed by atoms with Crippen molar-refractivity contribution in [3.05, 3.63) is 68.4 Å². The molecule has 4 rings (SSSR count). The van der Waals surface area contributed by atoms with E-state index in [1.54, 1.807) is 29.0 Å². The van der Waals surface area contributed by atoms with E-state index < -0.39 is 0 Å². The van der Waals surface area contributed by atoms with Crippen LogP contribution in [-0.4, -0.2) is 28.5 Å². The van der Waals surface area contributed by atoms with Gasteiger partial charge in [-0.2, -0.15) is 0 Å². The molecule has 2 aromatic heterocycles. The van der Waals surface area contributed by atoms with E-state index in [0.29, 0.717) is 23.7 Å². The third kappa shape index (κ3) is 5.98. The van der Waals surface area contributed by atoms with E-state index in [1.807, 2.05) is 42.6 Å². The van der Waals surface area contributed by atoms with Crippen LogP contribution in [0.4, 0.5) is 5.69 Å². The van der Waals surface area contributed by atoms with Gasteiger partial charge < -0.3 is 15.2 Å². The number of pyridine rings is 1. The molecule has 0 bridgehead atoms. The zero-order valence-corrected chi connectivity index (χ0v) is 20.5. The summed E-state index contributed by atoms with van der Waals surface area (Å²) in [4.78, 5) is 30.6. The number of amides is 1. The van der Waals surface area contributed by atoms with Crippen molar-refractivity contribution in [1.82, 2.24) is 14.9 Å². The summed E-state index contributed by atoms with van der Waals surface area (Å²) in [5, 5.41) is 9.27. The maximum atomic E-state index is 13.1. The fourth-order valence-corrected chi connectivity index (χ4v) is 4.51. The number of halogens is 2. The smallest absolute Gasteiger partial charge is 0.263 e. The molecule has 6 nitrogen and oxygen atoms in total. The molecule has 2 N–H and O–H groups in total. The molecule has 0 saturated carbocycles. The van der Waals surface area contributed by atoms with Gasteiger partial charge in [0.05, 0.1) is 10.7 Å². The highest BCUT2D eigenvalue weighted by molar-refractivity contribution is 7.09. The van der Waals surface area contributed by atoms with Crippen LogP contribution in [0.5, 0.6) is 0 Å². The maximum absolute atomic E-state index is 13.1. The first-order chi connectivity index (χ1) is 14.5. The molecule has 1 atom stereocenters. The lowest BCUT2D eigenvalue weighted by molar-refractivity contribution is 0.102. The van der Waals surface area contributed by atoms with E-state index in [0.717, 1.165) is 42.2 Å². The van der Waals surface area contributed by atoms with Crippen molar-refractivity contribution < 1.29 is 4.79 Å². The number of carbonyl (C=O) groups is 1. The Hall–Kier alpha value is -2.19. The van der Waals surface area contributed by atoms with Gasteiger partial charge in [0.2, 0.25) is 0 Å². The summed E-state index contributed by atoms with van der Waals surface area (Å²) in [7, 11) is 0. The number of thiazole rings is 1. The van der Waals surface area contributed by atoms with Crippen LogP contribution in [0.1, 0.15) is 33.8 Å². The maximum Gasteiger partial charge on any atom is 0.263 e. The summed E-state index contributed by atoms with van der Waals surface area (Å²) in [5.74, 6) is 0.0357. The van der Waals surface area contributed by atoms with E-state index in [4.69, 9.17) is 0 Å². The minimum Gasteiger partial charge on any atom is -0.322 e. The van der Waals surface area contributed by atoms with Crippen molar-refractivity contribution in [1.29, 1.82) is 0 Å². The number of piperidine rings is 1. The fourth-order valence-electron chi connectivity index (χ4n) is 3.89. The number of aryl methyl sites for hydroxylation is 2. The lowest BCUT2D eigenvalue weighted by Gasteiger charge is -2.23. The van der Waals surface area contributed by atoms with E-state index in [1.165, 1.54) is 0 Å². The molecular weight excluding hydrogens is 467 g/mol.